The van der Waals surface area contributed by atoms with Gasteiger partial charge < -0.3 is 20.9 Å². The number of nitrogen functional groups attached to an aromatic ring is 2. The minimum absolute atomic E-state index is 0.0818. The summed E-state index contributed by atoms with van der Waals surface area (Å²) in [5.74, 6) is 0.294. The SMILES string of the molecule is COCCOCc1cnc2nc(N)nc(N)c2n1. The van der Waals surface area contributed by atoms with Crippen molar-refractivity contribution in [3.05, 3.63) is 11.9 Å². The Balaban J connectivity index is 2.17. The lowest BCUT2D eigenvalue weighted by Crippen LogP contribution is -2.06. The average Bonchev–Trinajstić information content (AvgIpc) is 2.35. The summed E-state index contributed by atoms with van der Waals surface area (Å²) in [6.07, 6.45) is 1.57. The third kappa shape index (κ3) is 2.79. The molecule has 0 amide bonds. The first-order valence-corrected chi connectivity index (χ1v) is 5.32. The van der Waals surface area contributed by atoms with Crippen LogP contribution >= 0.6 is 0 Å². The molecule has 0 atom stereocenters. The van der Waals surface area contributed by atoms with Crippen LogP contribution in [0.15, 0.2) is 6.20 Å². The van der Waals surface area contributed by atoms with E-state index in [9.17, 15) is 0 Å². The van der Waals surface area contributed by atoms with E-state index in [0.29, 0.717) is 36.7 Å². The maximum absolute atomic E-state index is 5.71. The first-order valence-electron chi connectivity index (χ1n) is 5.32. The Kier molecular flexibility index (Phi) is 3.80. The van der Waals surface area contributed by atoms with Crippen LogP contribution < -0.4 is 11.5 Å². The summed E-state index contributed by atoms with van der Waals surface area (Å²) in [6, 6.07) is 0. The van der Waals surface area contributed by atoms with Crippen molar-refractivity contribution in [2.45, 2.75) is 6.61 Å². The van der Waals surface area contributed by atoms with Crippen LogP contribution in [0.4, 0.5) is 11.8 Å². The van der Waals surface area contributed by atoms with Gasteiger partial charge >= 0.3 is 0 Å². The molecule has 8 heteroatoms. The molecular weight excluding hydrogens is 236 g/mol. The number of nitrogens with two attached hydrogens (primary N) is 2. The van der Waals surface area contributed by atoms with Gasteiger partial charge in [0.2, 0.25) is 5.95 Å². The molecule has 0 saturated carbocycles. The fraction of sp³-hybridized carbons (Fsp3) is 0.400. The van der Waals surface area contributed by atoms with E-state index in [0.717, 1.165) is 0 Å². The van der Waals surface area contributed by atoms with Crippen LogP contribution in [0, 0.1) is 0 Å². The van der Waals surface area contributed by atoms with Gasteiger partial charge in [-0.3, -0.25) is 0 Å². The summed E-state index contributed by atoms with van der Waals surface area (Å²) in [6.45, 7) is 1.35. The fourth-order valence-electron chi connectivity index (χ4n) is 1.37. The highest BCUT2D eigenvalue weighted by Gasteiger charge is 2.07. The molecule has 2 aromatic heterocycles. The zero-order chi connectivity index (χ0) is 13.0. The van der Waals surface area contributed by atoms with E-state index < -0.39 is 0 Å². The largest absolute Gasteiger partial charge is 0.382 e. The number of rotatable bonds is 5. The molecule has 0 unspecified atom stereocenters. The number of hydrogen-bond donors (Lipinski definition) is 2. The predicted molar refractivity (Wildman–Crippen MR) is 65.5 cm³/mol. The van der Waals surface area contributed by atoms with Crippen molar-refractivity contribution < 1.29 is 9.47 Å². The number of aromatic nitrogens is 4. The molecule has 96 valence electrons. The third-order valence-electron chi connectivity index (χ3n) is 2.18. The number of anilines is 2. The van der Waals surface area contributed by atoms with Crippen LogP contribution in [0.1, 0.15) is 5.69 Å². The molecule has 0 aromatic carbocycles. The van der Waals surface area contributed by atoms with Gasteiger partial charge in [0.25, 0.3) is 0 Å². The highest BCUT2D eigenvalue weighted by atomic mass is 16.5. The smallest absolute Gasteiger partial charge is 0.224 e. The van der Waals surface area contributed by atoms with Gasteiger partial charge in [-0.05, 0) is 0 Å². The molecule has 2 heterocycles. The van der Waals surface area contributed by atoms with E-state index in [1.807, 2.05) is 0 Å². The molecule has 0 aliphatic carbocycles. The molecule has 0 saturated heterocycles. The van der Waals surface area contributed by atoms with Crippen LogP contribution in [0.3, 0.4) is 0 Å². The molecule has 4 N–H and O–H groups in total. The summed E-state index contributed by atoms with van der Waals surface area (Å²) >= 11 is 0. The number of nitrogens with zero attached hydrogens (tertiary/aromatic N) is 4. The molecule has 0 radical (unpaired) electrons. The van der Waals surface area contributed by atoms with Gasteiger partial charge in [-0.25, -0.2) is 9.97 Å². The standard InChI is InChI=1S/C10H14N6O2/c1-17-2-3-18-5-6-4-13-9-7(14-6)8(11)15-10(12)16-9/h4H,2-3,5H2,1H3,(H4,11,12,13,15,16). The summed E-state index contributed by atoms with van der Waals surface area (Å²) in [4.78, 5) is 16.2. The highest BCUT2D eigenvalue weighted by molar-refractivity contribution is 5.81. The Labute approximate surface area is 103 Å². The van der Waals surface area contributed by atoms with Crippen molar-refractivity contribution in [3.8, 4) is 0 Å². The molecule has 18 heavy (non-hydrogen) atoms. The lowest BCUT2D eigenvalue weighted by atomic mass is 10.4. The van der Waals surface area contributed by atoms with Crippen molar-refractivity contribution >= 4 is 22.9 Å². The molecule has 8 nitrogen and oxygen atoms in total. The van der Waals surface area contributed by atoms with Crippen LogP contribution in [-0.4, -0.2) is 40.3 Å². The molecule has 0 aliphatic heterocycles. The van der Waals surface area contributed by atoms with Gasteiger partial charge in [0, 0.05) is 7.11 Å². The average molecular weight is 250 g/mol. The number of hydrogen-bond acceptors (Lipinski definition) is 8. The number of methoxy groups -OCH3 is 1. The van der Waals surface area contributed by atoms with Crippen molar-refractivity contribution in [2.75, 3.05) is 31.8 Å². The molecular formula is C10H14N6O2. The van der Waals surface area contributed by atoms with E-state index in [-0.39, 0.29) is 11.8 Å². The molecule has 0 spiro atoms. The van der Waals surface area contributed by atoms with Gasteiger partial charge in [0.1, 0.15) is 0 Å². The Morgan fingerprint density at radius 1 is 1.17 bits per heavy atom. The predicted octanol–water partition coefficient (Wildman–Crippen LogP) is -0.253. The summed E-state index contributed by atoms with van der Waals surface area (Å²) < 4.78 is 10.2. The highest BCUT2D eigenvalue weighted by Crippen LogP contribution is 2.14. The first kappa shape index (κ1) is 12.4. The maximum atomic E-state index is 5.71. The third-order valence-corrected chi connectivity index (χ3v) is 2.18. The minimum atomic E-state index is 0.0818. The summed E-state index contributed by atoms with van der Waals surface area (Å²) in [5.41, 5.74) is 12.6. The first-order chi connectivity index (χ1) is 8.70. The van der Waals surface area contributed by atoms with Gasteiger partial charge in [-0.2, -0.15) is 9.97 Å². The molecule has 2 aromatic rings. The second-order valence-corrected chi connectivity index (χ2v) is 3.55. The van der Waals surface area contributed by atoms with E-state index in [1.54, 1.807) is 13.3 Å². The van der Waals surface area contributed by atoms with Crippen LogP contribution in [0.5, 0.6) is 0 Å². The second kappa shape index (κ2) is 5.52. The lowest BCUT2D eigenvalue weighted by Gasteiger charge is -2.05. The van der Waals surface area contributed by atoms with Crippen LogP contribution in [0.25, 0.3) is 11.2 Å². The van der Waals surface area contributed by atoms with Gasteiger partial charge in [-0.1, -0.05) is 0 Å². The normalized spacial score (nSPS) is 10.9. The van der Waals surface area contributed by atoms with E-state index in [2.05, 4.69) is 19.9 Å². The van der Waals surface area contributed by atoms with Crippen molar-refractivity contribution in [2.24, 2.45) is 0 Å². The van der Waals surface area contributed by atoms with Crippen LogP contribution in [-0.2, 0) is 16.1 Å². The second-order valence-electron chi connectivity index (χ2n) is 3.55. The van der Waals surface area contributed by atoms with Crippen molar-refractivity contribution in [1.82, 2.24) is 19.9 Å². The minimum Gasteiger partial charge on any atom is -0.382 e. The number of fused-ring (bicyclic) bond motifs is 1. The monoisotopic (exact) mass is 250 g/mol. The Morgan fingerprint density at radius 2 is 2.00 bits per heavy atom. The quantitative estimate of drug-likeness (QED) is 0.696. The van der Waals surface area contributed by atoms with Gasteiger partial charge in [-0.15, -0.1) is 0 Å². The summed E-state index contributed by atoms with van der Waals surface area (Å²) in [5, 5.41) is 0. The van der Waals surface area contributed by atoms with Gasteiger partial charge in [0.05, 0.1) is 31.7 Å². The Hall–Kier alpha value is -2.06. The zero-order valence-electron chi connectivity index (χ0n) is 9.96. The molecule has 0 bridgehead atoms. The van der Waals surface area contributed by atoms with E-state index in [1.165, 1.54) is 0 Å². The zero-order valence-corrected chi connectivity index (χ0v) is 9.96. The van der Waals surface area contributed by atoms with E-state index in [4.69, 9.17) is 20.9 Å². The Bertz CT molecular complexity index is 547. The Morgan fingerprint density at radius 3 is 2.78 bits per heavy atom. The molecule has 0 fully saturated rings. The lowest BCUT2D eigenvalue weighted by molar-refractivity contribution is 0.0602. The number of ether oxygens (including phenoxy) is 2. The fourth-order valence-corrected chi connectivity index (χ4v) is 1.37. The summed E-state index contributed by atoms with van der Waals surface area (Å²) in [7, 11) is 1.61. The van der Waals surface area contributed by atoms with Crippen molar-refractivity contribution in [3.63, 3.8) is 0 Å². The molecule has 0 aliphatic rings. The van der Waals surface area contributed by atoms with Gasteiger partial charge in [0.15, 0.2) is 17.0 Å². The van der Waals surface area contributed by atoms with Crippen molar-refractivity contribution in [1.29, 1.82) is 0 Å². The van der Waals surface area contributed by atoms with E-state index >= 15 is 0 Å². The molecule has 2 rings (SSSR count). The maximum Gasteiger partial charge on any atom is 0.224 e. The topological polar surface area (TPSA) is 122 Å². The van der Waals surface area contributed by atoms with Crippen LogP contribution in [0.2, 0.25) is 0 Å².